The van der Waals surface area contributed by atoms with Crippen LogP contribution in [0.15, 0.2) is 48.5 Å². The maximum Gasteiger partial charge on any atom is 0.404 e. The van der Waals surface area contributed by atoms with E-state index in [9.17, 15) is 19.5 Å². The Morgan fingerprint density at radius 3 is 1.85 bits per heavy atom. The Bertz CT molecular complexity index is 1640. The summed E-state index contributed by atoms with van der Waals surface area (Å²) < 4.78 is 38.2. The van der Waals surface area contributed by atoms with Crippen LogP contribution in [0.5, 0.6) is 0 Å². The van der Waals surface area contributed by atoms with Gasteiger partial charge >= 0.3 is 6.09 Å². The SMILES string of the molecule is CC(=O)N1c2ccc(C3=CCN(C(=O)COCCOCCOCCOCCOCCOCCOCCNC(=O)O)CC3)cc2N(Cc2ccccc2CO)C[C@@H]1C1CC1. The molecule has 1 aliphatic carbocycles. The van der Waals surface area contributed by atoms with Crippen LogP contribution in [-0.2, 0) is 55.9 Å². The average Bonchev–Trinajstić information content (AvgIpc) is 4.09. The van der Waals surface area contributed by atoms with Crippen molar-refractivity contribution in [1.82, 2.24) is 10.2 Å². The lowest BCUT2D eigenvalue weighted by Gasteiger charge is -2.44. The van der Waals surface area contributed by atoms with Gasteiger partial charge in [-0.2, -0.15) is 0 Å². The third kappa shape index (κ3) is 15.4. The smallest absolute Gasteiger partial charge is 0.404 e. The molecule has 2 aromatic carbocycles. The summed E-state index contributed by atoms with van der Waals surface area (Å²) in [6.07, 6.45) is 4.03. The molecule has 3 aliphatic rings. The second-order valence-electron chi connectivity index (χ2n) is 14.6. The molecule has 3 N–H and O–H groups in total. The fourth-order valence-corrected chi connectivity index (χ4v) is 7.19. The van der Waals surface area contributed by atoms with Crippen LogP contribution < -0.4 is 15.1 Å². The minimum absolute atomic E-state index is 0.00605. The predicted molar refractivity (Wildman–Crippen MR) is 220 cm³/mol. The number of anilines is 2. The van der Waals surface area contributed by atoms with Crippen LogP contribution in [0.1, 0.15) is 42.9 Å². The molecular weight excluding hydrogens is 764 g/mol. The summed E-state index contributed by atoms with van der Waals surface area (Å²) in [5, 5.41) is 20.7. The molecule has 2 aromatic rings. The largest absolute Gasteiger partial charge is 0.465 e. The molecule has 0 spiro atoms. The first-order valence-corrected chi connectivity index (χ1v) is 20.7. The lowest BCUT2D eigenvalue weighted by molar-refractivity contribution is -0.136. The van der Waals surface area contributed by atoms with E-state index < -0.39 is 6.09 Å². The molecular formula is C43H62N4O12. The van der Waals surface area contributed by atoms with Crippen molar-refractivity contribution in [3.63, 3.8) is 0 Å². The van der Waals surface area contributed by atoms with E-state index in [1.54, 1.807) is 6.92 Å². The summed E-state index contributed by atoms with van der Waals surface area (Å²) in [7, 11) is 0. The standard InChI is InChI=1S/C43H62N4O12/c1-33(49)47-39-9-8-36(28-40(39)46(30-41(47)35-6-7-35)29-37-4-2-3-5-38(37)31-48)34-10-13-45(14-11-34)42(50)32-59-27-26-58-25-24-57-23-22-56-21-20-55-19-18-54-17-16-53-15-12-44-43(51)52/h2-5,8-10,28,35,41,44,48H,6-7,11-27,29-32H2,1H3,(H,51,52)/t41-/m1/s1. The molecule has 0 radical (unpaired) electrons. The lowest BCUT2D eigenvalue weighted by atomic mass is 9.95. The van der Waals surface area contributed by atoms with Gasteiger partial charge in [-0.05, 0) is 59.6 Å². The van der Waals surface area contributed by atoms with Crippen molar-refractivity contribution in [2.24, 2.45) is 5.92 Å². The molecule has 5 rings (SSSR count). The number of carbonyl (C=O) groups is 3. The van der Waals surface area contributed by atoms with E-state index >= 15 is 0 Å². The Hall–Kier alpha value is -4.13. The first kappa shape index (κ1) is 45.9. The predicted octanol–water partition coefficient (Wildman–Crippen LogP) is 3.33. The van der Waals surface area contributed by atoms with Crippen molar-refractivity contribution < 1.29 is 57.8 Å². The zero-order valence-corrected chi connectivity index (χ0v) is 34.4. The van der Waals surface area contributed by atoms with Gasteiger partial charge in [0.05, 0.1) is 110 Å². The minimum atomic E-state index is -1.07. The molecule has 0 unspecified atom stereocenters. The Morgan fingerprint density at radius 2 is 1.32 bits per heavy atom. The van der Waals surface area contributed by atoms with Gasteiger partial charge in [0.1, 0.15) is 6.61 Å². The van der Waals surface area contributed by atoms with Crippen molar-refractivity contribution in [2.75, 3.05) is 128 Å². The summed E-state index contributed by atoms with van der Waals surface area (Å²) in [5.41, 5.74) is 6.20. The van der Waals surface area contributed by atoms with Gasteiger partial charge in [0.15, 0.2) is 0 Å². The summed E-state index contributed by atoms with van der Waals surface area (Å²) in [5.74, 6) is 0.501. The molecule has 2 aliphatic heterocycles. The number of benzene rings is 2. The second kappa shape index (κ2) is 25.5. The van der Waals surface area contributed by atoms with Crippen LogP contribution in [0, 0.1) is 5.92 Å². The first-order valence-electron chi connectivity index (χ1n) is 20.7. The lowest BCUT2D eigenvalue weighted by Crippen LogP contribution is -2.52. The minimum Gasteiger partial charge on any atom is -0.465 e. The van der Waals surface area contributed by atoms with Crippen LogP contribution >= 0.6 is 0 Å². The van der Waals surface area contributed by atoms with Crippen molar-refractivity contribution in [3.05, 3.63) is 65.2 Å². The zero-order chi connectivity index (χ0) is 41.7. The van der Waals surface area contributed by atoms with Crippen LogP contribution in [0.25, 0.3) is 5.57 Å². The number of ether oxygens (including phenoxy) is 7. The van der Waals surface area contributed by atoms with Crippen LogP contribution in [0.3, 0.4) is 0 Å². The number of aliphatic hydroxyl groups is 1. The molecule has 1 atom stereocenters. The number of fused-ring (bicyclic) bond motifs is 1. The van der Waals surface area contributed by atoms with Gasteiger partial charge in [-0.3, -0.25) is 9.59 Å². The molecule has 16 heteroatoms. The highest BCUT2D eigenvalue weighted by atomic mass is 16.6. The summed E-state index contributed by atoms with van der Waals surface area (Å²) in [6.45, 7) is 9.62. The molecule has 326 valence electrons. The van der Waals surface area contributed by atoms with Crippen molar-refractivity contribution in [3.8, 4) is 0 Å². The van der Waals surface area contributed by atoms with Gasteiger partial charge in [0.25, 0.3) is 0 Å². The summed E-state index contributed by atoms with van der Waals surface area (Å²) in [6, 6.07) is 14.5. The number of aliphatic hydroxyl groups excluding tert-OH is 1. The summed E-state index contributed by atoms with van der Waals surface area (Å²) >= 11 is 0. The van der Waals surface area contributed by atoms with Gasteiger partial charge in [-0.1, -0.05) is 36.4 Å². The number of nitrogens with one attached hydrogen (secondary N) is 1. The zero-order valence-electron chi connectivity index (χ0n) is 34.4. The van der Waals surface area contributed by atoms with E-state index in [1.807, 2.05) is 28.0 Å². The Morgan fingerprint density at radius 1 is 0.746 bits per heavy atom. The van der Waals surface area contributed by atoms with E-state index in [0.717, 1.165) is 47.5 Å². The average molecular weight is 827 g/mol. The Labute approximate surface area is 347 Å². The third-order valence-corrected chi connectivity index (χ3v) is 10.4. The molecule has 2 heterocycles. The summed E-state index contributed by atoms with van der Waals surface area (Å²) in [4.78, 5) is 42.4. The molecule has 16 nitrogen and oxygen atoms in total. The number of carbonyl (C=O) groups excluding carboxylic acids is 2. The number of rotatable bonds is 28. The van der Waals surface area contributed by atoms with Gasteiger partial charge < -0.3 is 63.4 Å². The maximum absolute atomic E-state index is 13.0. The highest BCUT2D eigenvalue weighted by molar-refractivity contribution is 5.98. The Balaban J connectivity index is 0.917. The molecule has 1 saturated carbocycles. The number of hydrogen-bond donors (Lipinski definition) is 3. The van der Waals surface area contributed by atoms with Crippen molar-refractivity contribution >= 4 is 34.9 Å². The molecule has 0 bridgehead atoms. The van der Waals surface area contributed by atoms with Gasteiger partial charge in [-0.15, -0.1) is 0 Å². The number of nitrogens with zero attached hydrogens (tertiary/aromatic N) is 3. The highest BCUT2D eigenvalue weighted by Crippen LogP contribution is 2.45. The quantitative estimate of drug-likeness (QED) is 0.107. The van der Waals surface area contributed by atoms with Gasteiger partial charge in [-0.25, -0.2) is 4.79 Å². The fourth-order valence-electron chi connectivity index (χ4n) is 7.19. The number of amides is 3. The molecule has 1 fully saturated rings. The van der Waals surface area contributed by atoms with Crippen LogP contribution in [0.4, 0.5) is 16.2 Å². The van der Waals surface area contributed by atoms with Crippen LogP contribution in [0.2, 0.25) is 0 Å². The Kier molecular flexibility index (Phi) is 19.8. The molecule has 0 aromatic heterocycles. The van der Waals surface area contributed by atoms with E-state index in [-0.39, 0.29) is 37.6 Å². The molecule has 0 saturated heterocycles. The maximum atomic E-state index is 13.0. The molecule has 59 heavy (non-hydrogen) atoms. The highest BCUT2D eigenvalue weighted by Gasteiger charge is 2.42. The third-order valence-electron chi connectivity index (χ3n) is 10.4. The van der Waals surface area contributed by atoms with Crippen molar-refractivity contribution in [2.45, 2.75) is 45.4 Å². The van der Waals surface area contributed by atoms with E-state index in [2.05, 4.69) is 40.6 Å². The van der Waals surface area contributed by atoms with Gasteiger partial charge in [0, 0.05) is 39.6 Å². The second-order valence-corrected chi connectivity index (χ2v) is 14.6. The number of hydrogen-bond acceptors (Lipinski definition) is 12. The normalized spacial score (nSPS) is 16.5. The monoisotopic (exact) mass is 826 g/mol. The van der Waals surface area contributed by atoms with Crippen LogP contribution in [-0.4, -0.2) is 158 Å². The topological polar surface area (TPSA) is 178 Å². The van der Waals surface area contributed by atoms with E-state index in [0.29, 0.717) is 118 Å². The van der Waals surface area contributed by atoms with Crippen molar-refractivity contribution in [1.29, 1.82) is 0 Å². The van der Waals surface area contributed by atoms with E-state index in [1.165, 1.54) is 5.57 Å². The fraction of sp³-hybridized carbons (Fsp3) is 0.605. The van der Waals surface area contributed by atoms with E-state index in [4.69, 9.17) is 38.3 Å². The van der Waals surface area contributed by atoms with Gasteiger partial charge in [0.2, 0.25) is 11.8 Å². The number of carboxylic acid groups (broad SMARTS) is 1. The molecule has 3 amide bonds. The first-order chi connectivity index (χ1) is 28.9.